The highest BCUT2D eigenvalue weighted by Gasteiger charge is 2.31. The lowest BCUT2D eigenvalue weighted by Crippen LogP contribution is -2.52. The number of carbonyl (C=O) groups is 2. The van der Waals surface area contributed by atoms with Crippen LogP contribution in [0, 0.1) is 5.82 Å². The first-order chi connectivity index (χ1) is 15.1. The Bertz CT molecular complexity index is 1050. The Morgan fingerprint density at radius 1 is 1.09 bits per heavy atom. The number of benzene rings is 2. The van der Waals surface area contributed by atoms with Gasteiger partial charge >= 0.3 is 0 Å². The lowest BCUT2D eigenvalue weighted by molar-refractivity contribution is -0.140. The predicted molar refractivity (Wildman–Crippen MR) is 123 cm³/mol. The predicted octanol–water partition coefficient (Wildman–Crippen LogP) is 3.19. The van der Waals surface area contributed by atoms with Gasteiger partial charge in [-0.2, -0.15) is 0 Å². The first kappa shape index (κ1) is 25.6. The van der Waals surface area contributed by atoms with Crippen LogP contribution < -0.4 is 9.62 Å². The van der Waals surface area contributed by atoms with E-state index in [0.717, 1.165) is 22.7 Å². The quantitative estimate of drug-likeness (QED) is 0.562. The Morgan fingerprint density at radius 3 is 2.25 bits per heavy atom. The summed E-state index contributed by atoms with van der Waals surface area (Å²) in [5, 5.41) is 3.14. The summed E-state index contributed by atoms with van der Waals surface area (Å²) >= 11 is 6.27. The number of nitrogens with zero attached hydrogens (tertiary/aromatic N) is 2. The molecule has 1 N–H and O–H groups in total. The van der Waals surface area contributed by atoms with Crippen LogP contribution >= 0.6 is 11.6 Å². The van der Waals surface area contributed by atoms with E-state index in [-0.39, 0.29) is 18.1 Å². The number of halogens is 2. The minimum absolute atomic E-state index is 0.0230. The minimum atomic E-state index is -3.87. The molecular formula is C22H27ClFN3O4S. The fraction of sp³-hybridized carbons (Fsp3) is 0.364. The summed E-state index contributed by atoms with van der Waals surface area (Å²) < 4.78 is 39.1. The Morgan fingerprint density at radius 2 is 1.72 bits per heavy atom. The first-order valence-corrected chi connectivity index (χ1v) is 12.3. The van der Waals surface area contributed by atoms with E-state index in [9.17, 15) is 22.4 Å². The molecule has 0 saturated heterocycles. The van der Waals surface area contributed by atoms with Gasteiger partial charge in [0.25, 0.3) is 0 Å². The number of hydrogen-bond acceptors (Lipinski definition) is 4. The number of amides is 2. The maximum atomic E-state index is 13.4. The molecule has 0 aliphatic rings. The van der Waals surface area contributed by atoms with Crippen LogP contribution in [0.25, 0.3) is 0 Å². The Balaban J connectivity index is 2.43. The molecule has 0 saturated carbocycles. The van der Waals surface area contributed by atoms with Gasteiger partial charge < -0.3 is 10.2 Å². The zero-order valence-corrected chi connectivity index (χ0v) is 19.8. The van der Waals surface area contributed by atoms with Crippen LogP contribution in [0.3, 0.4) is 0 Å². The van der Waals surface area contributed by atoms with E-state index in [0.29, 0.717) is 23.6 Å². The first-order valence-electron chi connectivity index (χ1n) is 10.1. The lowest BCUT2D eigenvalue weighted by Gasteiger charge is -2.33. The van der Waals surface area contributed by atoms with Gasteiger partial charge in [0, 0.05) is 18.1 Å². The zero-order chi connectivity index (χ0) is 23.9. The summed E-state index contributed by atoms with van der Waals surface area (Å²) in [6, 6.07) is 10.9. The molecular weight excluding hydrogens is 457 g/mol. The van der Waals surface area contributed by atoms with E-state index in [1.165, 1.54) is 17.0 Å². The summed E-state index contributed by atoms with van der Waals surface area (Å²) in [5.74, 6) is -1.46. The molecule has 1 atom stereocenters. The van der Waals surface area contributed by atoms with Crippen LogP contribution in [0.5, 0.6) is 0 Å². The minimum Gasteiger partial charge on any atom is -0.355 e. The van der Waals surface area contributed by atoms with Crippen molar-refractivity contribution in [2.75, 3.05) is 23.7 Å². The van der Waals surface area contributed by atoms with Gasteiger partial charge in [0.1, 0.15) is 18.4 Å². The fourth-order valence-corrected chi connectivity index (χ4v) is 4.29. The third kappa shape index (κ3) is 6.67. The third-order valence-corrected chi connectivity index (χ3v) is 6.34. The van der Waals surface area contributed by atoms with Crippen molar-refractivity contribution in [1.82, 2.24) is 10.2 Å². The summed E-state index contributed by atoms with van der Waals surface area (Å²) in [5.41, 5.74) is 0.768. The average molecular weight is 484 g/mol. The monoisotopic (exact) mass is 483 g/mol. The molecule has 0 unspecified atom stereocenters. The van der Waals surface area contributed by atoms with Gasteiger partial charge in [-0.05, 0) is 49.2 Å². The maximum Gasteiger partial charge on any atom is 0.244 e. The van der Waals surface area contributed by atoms with Crippen molar-refractivity contribution in [3.8, 4) is 0 Å². The Hall–Kier alpha value is -2.65. The Labute approximate surface area is 193 Å². The van der Waals surface area contributed by atoms with Crippen LogP contribution in [0.4, 0.5) is 10.1 Å². The topological polar surface area (TPSA) is 86.8 Å². The molecule has 10 heteroatoms. The van der Waals surface area contributed by atoms with Gasteiger partial charge in [-0.25, -0.2) is 12.8 Å². The Kier molecular flexibility index (Phi) is 9.03. The van der Waals surface area contributed by atoms with Crippen LogP contribution in [-0.4, -0.2) is 50.5 Å². The molecule has 2 aromatic carbocycles. The van der Waals surface area contributed by atoms with E-state index in [1.807, 2.05) is 0 Å². The number of hydrogen-bond donors (Lipinski definition) is 1. The van der Waals surface area contributed by atoms with E-state index in [1.54, 1.807) is 38.1 Å². The van der Waals surface area contributed by atoms with Crippen molar-refractivity contribution in [3.05, 3.63) is 64.9 Å². The number of sulfonamides is 1. The van der Waals surface area contributed by atoms with Crippen molar-refractivity contribution >= 4 is 39.1 Å². The van der Waals surface area contributed by atoms with Crippen molar-refractivity contribution in [2.24, 2.45) is 0 Å². The second-order valence-electron chi connectivity index (χ2n) is 7.18. The number of likely N-dealkylation sites (N-methyl/N-ethyl adjacent to an activating group) is 1. The number of carbonyl (C=O) groups excluding carboxylic acids is 2. The number of rotatable bonds is 10. The van der Waals surface area contributed by atoms with Gasteiger partial charge in [0.15, 0.2) is 0 Å². The molecule has 0 spiro atoms. The smallest absolute Gasteiger partial charge is 0.244 e. The number of anilines is 1. The average Bonchev–Trinajstić information content (AvgIpc) is 2.73. The van der Waals surface area contributed by atoms with E-state index < -0.39 is 34.3 Å². The van der Waals surface area contributed by atoms with E-state index in [4.69, 9.17) is 11.6 Å². The van der Waals surface area contributed by atoms with Crippen LogP contribution in [0.15, 0.2) is 48.5 Å². The molecule has 2 rings (SSSR count). The second kappa shape index (κ2) is 11.3. The molecule has 0 aliphatic carbocycles. The molecule has 32 heavy (non-hydrogen) atoms. The summed E-state index contributed by atoms with van der Waals surface area (Å²) in [7, 11) is -3.87. The van der Waals surface area contributed by atoms with Gasteiger partial charge in [0.2, 0.25) is 21.8 Å². The molecule has 0 heterocycles. The van der Waals surface area contributed by atoms with Crippen LogP contribution in [0.1, 0.15) is 25.8 Å². The van der Waals surface area contributed by atoms with E-state index in [2.05, 4.69) is 5.32 Å². The van der Waals surface area contributed by atoms with Gasteiger partial charge in [0.05, 0.1) is 11.9 Å². The number of nitrogens with one attached hydrogen (secondary N) is 1. The zero-order valence-electron chi connectivity index (χ0n) is 18.2. The van der Waals surface area contributed by atoms with Crippen LogP contribution in [0.2, 0.25) is 5.02 Å². The summed E-state index contributed by atoms with van der Waals surface area (Å²) in [6.45, 7) is 3.39. The standard InChI is InChI=1S/C22H27ClFN3O4S/c1-4-20(22(29)25-5-2)26(14-16-8-6-7-9-19(16)23)21(28)15-27(32(3,30)31)18-12-10-17(24)11-13-18/h6-13,20H,4-5,14-15H2,1-3H3,(H,25,29)/t20-/m0/s1. The second-order valence-corrected chi connectivity index (χ2v) is 9.49. The maximum absolute atomic E-state index is 13.4. The summed E-state index contributed by atoms with van der Waals surface area (Å²) in [4.78, 5) is 27.4. The highest BCUT2D eigenvalue weighted by Crippen LogP contribution is 2.22. The summed E-state index contributed by atoms with van der Waals surface area (Å²) in [6.07, 6.45) is 1.28. The highest BCUT2D eigenvalue weighted by atomic mass is 35.5. The normalized spacial score (nSPS) is 12.2. The van der Waals surface area contributed by atoms with Gasteiger partial charge in [-0.3, -0.25) is 13.9 Å². The SMILES string of the molecule is CCNC(=O)[C@H](CC)N(Cc1ccccc1Cl)C(=O)CN(c1ccc(F)cc1)S(C)(=O)=O. The molecule has 0 bridgehead atoms. The molecule has 7 nitrogen and oxygen atoms in total. The van der Waals surface area contributed by atoms with Crippen molar-refractivity contribution < 1.29 is 22.4 Å². The van der Waals surface area contributed by atoms with E-state index >= 15 is 0 Å². The van der Waals surface area contributed by atoms with Crippen molar-refractivity contribution in [2.45, 2.75) is 32.9 Å². The third-order valence-electron chi connectivity index (χ3n) is 4.83. The lowest BCUT2D eigenvalue weighted by atomic mass is 10.1. The van der Waals surface area contributed by atoms with Gasteiger partial charge in [-0.1, -0.05) is 36.7 Å². The molecule has 0 aliphatic heterocycles. The van der Waals surface area contributed by atoms with Crippen LogP contribution in [-0.2, 0) is 26.2 Å². The van der Waals surface area contributed by atoms with Crippen molar-refractivity contribution in [1.29, 1.82) is 0 Å². The largest absolute Gasteiger partial charge is 0.355 e. The molecule has 0 fully saturated rings. The highest BCUT2D eigenvalue weighted by molar-refractivity contribution is 7.92. The molecule has 0 radical (unpaired) electrons. The molecule has 2 amide bonds. The van der Waals surface area contributed by atoms with Gasteiger partial charge in [-0.15, -0.1) is 0 Å². The molecule has 2 aromatic rings. The fourth-order valence-electron chi connectivity index (χ4n) is 3.24. The molecule has 174 valence electrons. The van der Waals surface area contributed by atoms with Crippen molar-refractivity contribution in [3.63, 3.8) is 0 Å². The molecule has 0 aromatic heterocycles.